The number of ether oxygens (including phenoxy) is 1. The smallest absolute Gasteiger partial charge is 0.335 e. The number of halogens is 1. The minimum Gasteiger partial charge on any atom is -0.484 e. The molecule has 88 valence electrons. The van der Waals surface area contributed by atoms with Gasteiger partial charge in [0, 0.05) is 6.07 Å². The van der Waals surface area contributed by atoms with Gasteiger partial charge in [0.25, 0.3) is 0 Å². The third kappa shape index (κ3) is 2.85. The molecule has 6 heteroatoms. The molecule has 0 amide bonds. The number of benzene rings is 1. The van der Waals surface area contributed by atoms with Gasteiger partial charge in [-0.1, -0.05) is 5.16 Å². The molecule has 2 rings (SSSR count). The summed E-state index contributed by atoms with van der Waals surface area (Å²) < 4.78 is 10.9. The van der Waals surface area contributed by atoms with Crippen molar-refractivity contribution in [1.29, 1.82) is 0 Å². The zero-order chi connectivity index (χ0) is 12.3. The van der Waals surface area contributed by atoms with Crippen LogP contribution in [0.5, 0.6) is 5.75 Å². The second kappa shape index (κ2) is 5.01. The first-order valence-electron chi connectivity index (χ1n) is 4.72. The predicted molar refractivity (Wildman–Crippen MR) is 61.9 cm³/mol. The quantitative estimate of drug-likeness (QED) is 0.939. The van der Waals surface area contributed by atoms with E-state index in [0.29, 0.717) is 16.0 Å². The van der Waals surface area contributed by atoms with E-state index in [1.165, 1.54) is 18.3 Å². The van der Waals surface area contributed by atoms with Crippen molar-refractivity contribution in [1.82, 2.24) is 5.16 Å². The van der Waals surface area contributed by atoms with E-state index in [-0.39, 0.29) is 12.2 Å². The maximum atomic E-state index is 10.7. The van der Waals surface area contributed by atoms with E-state index in [2.05, 4.69) is 21.1 Å². The maximum Gasteiger partial charge on any atom is 0.335 e. The number of aromatic nitrogens is 1. The Morgan fingerprint density at radius 1 is 1.47 bits per heavy atom. The van der Waals surface area contributed by atoms with Crippen LogP contribution in [0, 0.1) is 0 Å². The predicted octanol–water partition coefficient (Wildman–Crippen LogP) is 2.71. The Morgan fingerprint density at radius 3 is 2.88 bits per heavy atom. The molecular formula is C11H8BrNO4. The first kappa shape index (κ1) is 11.7. The van der Waals surface area contributed by atoms with Gasteiger partial charge in [-0.05, 0) is 34.1 Å². The Kier molecular flexibility index (Phi) is 3.43. The summed E-state index contributed by atoms with van der Waals surface area (Å²) in [4.78, 5) is 10.7. The molecule has 2 aromatic rings. The number of aromatic carboxylic acids is 1. The lowest BCUT2D eigenvalue weighted by atomic mass is 10.2. The fraction of sp³-hybridized carbons (Fsp3) is 0.0909. The van der Waals surface area contributed by atoms with E-state index in [4.69, 9.17) is 14.4 Å². The van der Waals surface area contributed by atoms with Crippen LogP contribution in [0.4, 0.5) is 0 Å². The average molecular weight is 298 g/mol. The zero-order valence-electron chi connectivity index (χ0n) is 8.59. The van der Waals surface area contributed by atoms with E-state index < -0.39 is 5.97 Å². The number of hydrogen-bond donors (Lipinski definition) is 1. The molecule has 5 nitrogen and oxygen atoms in total. The average Bonchev–Trinajstić information content (AvgIpc) is 2.80. The topological polar surface area (TPSA) is 72.6 Å². The highest BCUT2D eigenvalue weighted by atomic mass is 79.9. The molecule has 0 spiro atoms. The minimum absolute atomic E-state index is 0.198. The Labute approximate surface area is 105 Å². The number of carbonyl (C=O) groups is 1. The first-order chi connectivity index (χ1) is 8.16. The van der Waals surface area contributed by atoms with E-state index in [0.717, 1.165) is 0 Å². The monoisotopic (exact) mass is 297 g/mol. The summed E-state index contributed by atoms with van der Waals surface area (Å²) in [6.45, 7) is 0.241. The van der Waals surface area contributed by atoms with Crippen LogP contribution < -0.4 is 4.74 Å². The van der Waals surface area contributed by atoms with Gasteiger partial charge >= 0.3 is 5.97 Å². The fourth-order valence-electron chi connectivity index (χ4n) is 1.22. The van der Waals surface area contributed by atoms with Crippen molar-refractivity contribution in [2.24, 2.45) is 0 Å². The van der Waals surface area contributed by atoms with Crippen LogP contribution in [-0.4, -0.2) is 16.2 Å². The summed E-state index contributed by atoms with van der Waals surface area (Å²) in [7, 11) is 0. The third-order valence-electron chi connectivity index (χ3n) is 2.04. The molecule has 1 aromatic carbocycles. The van der Waals surface area contributed by atoms with E-state index >= 15 is 0 Å². The molecule has 17 heavy (non-hydrogen) atoms. The van der Waals surface area contributed by atoms with Gasteiger partial charge in [0.15, 0.2) is 5.76 Å². The van der Waals surface area contributed by atoms with Crippen molar-refractivity contribution >= 4 is 21.9 Å². The highest BCUT2D eigenvalue weighted by molar-refractivity contribution is 9.10. The van der Waals surface area contributed by atoms with Gasteiger partial charge in [-0.2, -0.15) is 0 Å². The van der Waals surface area contributed by atoms with Gasteiger partial charge < -0.3 is 14.4 Å². The van der Waals surface area contributed by atoms with Crippen molar-refractivity contribution in [3.63, 3.8) is 0 Å². The number of hydrogen-bond acceptors (Lipinski definition) is 4. The highest BCUT2D eigenvalue weighted by Crippen LogP contribution is 2.26. The van der Waals surface area contributed by atoms with Crippen molar-refractivity contribution < 1.29 is 19.2 Å². The molecule has 0 atom stereocenters. The van der Waals surface area contributed by atoms with Crippen LogP contribution in [0.1, 0.15) is 16.1 Å². The summed E-state index contributed by atoms with van der Waals surface area (Å²) >= 11 is 3.25. The van der Waals surface area contributed by atoms with Gasteiger partial charge in [-0.15, -0.1) is 0 Å². The molecule has 0 aliphatic heterocycles. The van der Waals surface area contributed by atoms with Crippen LogP contribution >= 0.6 is 15.9 Å². The molecule has 0 aliphatic carbocycles. The maximum absolute atomic E-state index is 10.7. The van der Waals surface area contributed by atoms with E-state index in [9.17, 15) is 4.79 Å². The summed E-state index contributed by atoms with van der Waals surface area (Å²) in [6, 6.07) is 6.24. The van der Waals surface area contributed by atoms with E-state index in [1.807, 2.05) is 0 Å². The molecular weight excluding hydrogens is 290 g/mol. The highest BCUT2D eigenvalue weighted by Gasteiger charge is 2.08. The normalized spacial score (nSPS) is 10.2. The van der Waals surface area contributed by atoms with Gasteiger partial charge in [-0.3, -0.25) is 0 Å². The third-order valence-corrected chi connectivity index (χ3v) is 2.66. The Bertz CT molecular complexity index is 524. The Morgan fingerprint density at radius 2 is 2.29 bits per heavy atom. The number of rotatable bonds is 4. The van der Waals surface area contributed by atoms with Gasteiger partial charge in [0.05, 0.1) is 16.2 Å². The lowest BCUT2D eigenvalue weighted by Crippen LogP contribution is -1.98. The first-order valence-corrected chi connectivity index (χ1v) is 5.51. The van der Waals surface area contributed by atoms with Crippen molar-refractivity contribution in [3.05, 3.63) is 46.3 Å². The van der Waals surface area contributed by atoms with Crippen molar-refractivity contribution in [2.75, 3.05) is 0 Å². The number of carboxylic acids is 1. The minimum atomic E-state index is -0.979. The molecule has 0 bridgehead atoms. The molecule has 0 saturated heterocycles. The lowest BCUT2D eigenvalue weighted by molar-refractivity contribution is 0.0696. The molecule has 0 fully saturated rings. The number of carboxylic acid groups (broad SMARTS) is 1. The van der Waals surface area contributed by atoms with E-state index in [1.54, 1.807) is 12.1 Å². The summed E-state index contributed by atoms with van der Waals surface area (Å²) in [5.41, 5.74) is 0.198. The number of nitrogens with zero attached hydrogens (tertiary/aromatic N) is 1. The van der Waals surface area contributed by atoms with Gasteiger partial charge in [0.1, 0.15) is 12.4 Å². The van der Waals surface area contributed by atoms with Crippen LogP contribution in [0.25, 0.3) is 0 Å². The summed E-state index contributed by atoms with van der Waals surface area (Å²) in [5, 5.41) is 12.3. The van der Waals surface area contributed by atoms with Gasteiger partial charge in [0.2, 0.25) is 0 Å². The zero-order valence-corrected chi connectivity index (χ0v) is 10.2. The van der Waals surface area contributed by atoms with Crippen molar-refractivity contribution in [3.8, 4) is 5.75 Å². The van der Waals surface area contributed by atoms with Crippen LogP contribution in [0.3, 0.4) is 0 Å². The Hall–Kier alpha value is -1.82. The molecule has 0 radical (unpaired) electrons. The standard InChI is InChI=1S/C11H8BrNO4/c12-9-5-7(11(14)15)1-2-10(9)16-6-8-3-4-13-17-8/h1-5H,6H2,(H,14,15). The summed E-state index contributed by atoms with van der Waals surface area (Å²) in [5.74, 6) is 0.165. The summed E-state index contributed by atoms with van der Waals surface area (Å²) in [6.07, 6.45) is 1.53. The van der Waals surface area contributed by atoms with Crippen LogP contribution in [-0.2, 0) is 6.61 Å². The molecule has 0 aliphatic rings. The second-order valence-corrected chi connectivity index (χ2v) is 4.07. The molecule has 1 aromatic heterocycles. The lowest BCUT2D eigenvalue weighted by Gasteiger charge is -2.06. The van der Waals surface area contributed by atoms with Crippen molar-refractivity contribution in [2.45, 2.75) is 6.61 Å². The van der Waals surface area contributed by atoms with Crippen LogP contribution in [0.15, 0.2) is 39.5 Å². The largest absolute Gasteiger partial charge is 0.484 e. The molecule has 0 saturated carbocycles. The molecule has 1 heterocycles. The van der Waals surface area contributed by atoms with Crippen LogP contribution in [0.2, 0.25) is 0 Å². The van der Waals surface area contributed by atoms with Gasteiger partial charge in [-0.25, -0.2) is 4.79 Å². The second-order valence-electron chi connectivity index (χ2n) is 3.22. The SMILES string of the molecule is O=C(O)c1ccc(OCc2ccno2)c(Br)c1. The molecule has 1 N–H and O–H groups in total. The Balaban J connectivity index is 2.09. The fourth-order valence-corrected chi connectivity index (χ4v) is 1.71. The molecule has 0 unspecified atom stereocenters.